The summed E-state index contributed by atoms with van der Waals surface area (Å²) in [7, 11) is 0. The zero-order valence-corrected chi connectivity index (χ0v) is 6.59. The molecule has 0 saturated carbocycles. The van der Waals surface area contributed by atoms with E-state index in [4.69, 9.17) is 8.85 Å². The predicted molar refractivity (Wildman–Crippen MR) is 44.3 cm³/mol. The van der Waals surface area contributed by atoms with Crippen LogP contribution in [0.25, 0.3) is 0 Å². The first-order valence-corrected chi connectivity index (χ1v) is 3.40. The van der Waals surface area contributed by atoms with Gasteiger partial charge in [0.15, 0.2) is 0 Å². The van der Waals surface area contributed by atoms with E-state index in [1.165, 1.54) is 0 Å². The number of ether oxygens (including phenoxy) is 1. The Morgan fingerprint density at radius 1 is 2.00 bits per heavy atom. The molecule has 11 heavy (non-hydrogen) atoms. The number of esters is 1. The van der Waals surface area contributed by atoms with Crippen LogP contribution in [0.15, 0.2) is 12.7 Å². The highest BCUT2D eigenvalue weighted by Gasteiger charge is 2.05. The van der Waals surface area contributed by atoms with Gasteiger partial charge in [-0.05, 0) is 13.9 Å². The number of carbonyl (C=O) groups excluding carboxylic acids is 1. The van der Waals surface area contributed by atoms with Crippen molar-refractivity contribution in [2.24, 2.45) is 0 Å². The lowest BCUT2D eigenvalue weighted by atomic mass is 10.3. The van der Waals surface area contributed by atoms with Crippen LogP contribution in [0.3, 0.4) is 0 Å². The van der Waals surface area contributed by atoms with Crippen LogP contribution in [-0.2, 0) is 9.53 Å². The standard InChI is InChI=1S/C8H15NO2/c1-4-5-7(2)11-8(10)6-9-3/h4,7,9H,1,5-6H2,2-3H3/t7-/m0/s1/i3D3. The minimum atomic E-state index is -2.30. The molecule has 0 aliphatic rings. The predicted octanol–water partition coefficient (Wildman–Crippen LogP) is 0.714. The summed E-state index contributed by atoms with van der Waals surface area (Å²) < 4.78 is 25.2. The number of rotatable bonds is 5. The van der Waals surface area contributed by atoms with Gasteiger partial charge < -0.3 is 10.1 Å². The number of likely N-dealkylation sites (N-methyl/N-ethyl adjacent to an activating group) is 1. The molecule has 0 heterocycles. The summed E-state index contributed by atoms with van der Waals surface area (Å²) in [5.41, 5.74) is 0. The van der Waals surface area contributed by atoms with E-state index >= 15 is 0 Å². The van der Waals surface area contributed by atoms with Crippen molar-refractivity contribution in [1.29, 1.82) is 0 Å². The first-order valence-electron chi connectivity index (χ1n) is 4.90. The Morgan fingerprint density at radius 3 is 3.27 bits per heavy atom. The first-order chi connectivity index (χ1) is 6.35. The SMILES string of the molecule is [2H]C([2H])([2H])NCC(=O)O[C@@H](C)CC=C. The Labute approximate surface area is 71.6 Å². The van der Waals surface area contributed by atoms with E-state index in [2.05, 4.69) is 11.9 Å². The fourth-order valence-electron chi connectivity index (χ4n) is 0.621. The fourth-order valence-corrected chi connectivity index (χ4v) is 0.621. The fraction of sp³-hybridized carbons (Fsp3) is 0.625. The third kappa shape index (κ3) is 5.61. The molecule has 0 unspecified atom stereocenters. The van der Waals surface area contributed by atoms with E-state index < -0.39 is 12.9 Å². The monoisotopic (exact) mass is 160 g/mol. The van der Waals surface area contributed by atoms with E-state index in [9.17, 15) is 4.79 Å². The second-order valence-electron chi connectivity index (χ2n) is 2.18. The molecule has 3 nitrogen and oxygen atoms in total. The maximum Gasteiger partial charge on any atom is 0.320 e. The van der Waals surface area contributed by atoms with Crippen molar-refractivity contribution in [2.75, 3.05) is 13.5 Å². The van der Waals surface area contributed by atoms with Gasteiger partial charge in [0.1, 0.15) is 6.10 Å². The molecule has 0 aliphatic carbocycles. The summed E-state index contributed by atoms with van der Waals surface area (Å²) in [5, 5.41) is 2.07. The van der Waals surface area contributed by atoms with Crippen LogP contribution in [0.2, 0.25) is 0 Å². The summed E-state index contributed by atoms with van der Waals surface area (Å²) in [6.45, 7) is 2.60. The van der Waals surface area contributed by atoms with Crippen LogP contribution in [-0.4, -0.2) is 25.6 Å². The van der Waals surface area contributed by atoms with Crippen molar-refractivity contribution in [2.45, 2.75) is 19.4 Å². The molecule has 0 bridgehead atoms. The summed E-state index contributed by atoms with van der Waals surface area (Å²) in [4.78, 5) is 11.0. The molecular weight excluding hydrogens is 142 g/mol. The second-order valence-corrected chi connectivity index (χ2v) is 2.18. The molecule has 64 valence electrons. The molecule has 0 aromatic rings. The van der Waals surface area contributed by atoms with Crippen molar-refractivity contribution in [3.05, 3.63) is 12.7 Å². The highest BCUT2D eigenvalue weighted by atomic mass is 16.5. The van der Waals surface area contributed by atoms with E-state index in [1.807, 2.05) is 0 Å². The summed E-state index contributed by atoms with van der Waals surface area (Å²) in [6, 6.07) is 0. The Morgan fingerprint density at radius 2 is 2.73 bits per heavy atom. The molecule has 0 rings (SSSR count). The van der Waals surface area contributed by atoms with Crippen molar-refractivity contribution >= 4 is 5.97 Å². The zero-order chi connectivity index (χ0) is 11.2. The molecule has 0 saturated heterocycles. The molecule has 0 amide bonds. The van der Waals surface area contributed by atoms with Gasteiger partial charge in [0.05, 0.1) is 6.54 Å². The molecule has 0 aromatic carbocycles. The van der Waals surface area contributed by atoms with Crippen molar-refractivity contribution in [1.82, 2.24) is 5.32 Å². The third-order valence-corrected chi connectivity index (χ3v) is 1.06. The van der Waals surface area contributed by atoms with Gasteiger partial charge >= 0.3 is 5.97 Å². The van der Waals surface area contributed by atoms with E-state index in [1.54, 1.807) is 13.0 Å². The average Bonchev–Trinajstić information content (AvgIpc) is 2.00. The van der Waals surface area contributed by atoms with Gasteiger partial charge in [0, 0.05) is 10.5 Å². The summed E-state index contributed by atoms with van der Waals surface area (Å²) >= 11 is 0. The van der Waals surface area contributed by atoms with Crippen LogP contribution >= 0.6 is 0 Å². The van der Waals surface area contributed by atoms with Gasteiger partial charge in [0.25, 0.3) is 0 Å². The van der Waals surface area contributed by atoms with Gasteiger partial charge in [-0.15, -0.1) is 6.58 Å². The van der Waals surface area contributed by atoms with Gasteiger partial charge in [-0.2, -0.15) is 0 Å². The average molecular weight is 160 g/mol. The molecule has 3 heteroatoms. The molecule has 0 aliphatic heterocycles. The summed E-state index contributed by atoms with van der Waals surface area (Å²) in [5.74, 6) is -0.574. The van der Waals surface area contributed by atoms with Crippen LogP contribution < -0.4 is 5.32 Å². The topological polar surface area (TPSA) is 38.3 Å². The summed E-state index contributed by atoms with van der Waals surface area (Å²) in [6.07, 6.45) is 1.92. The van der Waals surface area contributed by atoms with Crippen molar-refractivity contribution in [3.8, 4) is 0 Å². The largest absolute Gasteiger partial charge is 0.461 e. The molecular formula is C8H15NO2. The number of carbonyl (C=O) groups is 1. The van der Waals surface area contributed by atoms with Crippen LogP contribution in [0.5, 0.6) is 0 Å². The van der Waals surface area contributed by atoms with Gasteiger partial charge in [-0.3, -0.25) is 4.79 Å². The number of hydrogen-bond acceptors (Lipinski definition) is 3. The van der Waals surface area contributed by atoms with Gasteiger partial charge in [-0.1, -0.05) is 6.08 Å². The smallest absolute Gasteiger partial charge is 0.320 e. The van der Waals surface area contributed by atoms with Crippen LogP contribution in [0, 0.1) is 0 Å². The van der Waals surface area contributed by atoms with Crippen LogP contribution in [0.1, 0.15) is 17.5 Å². The highest BCUT2D eigenvalue weighted by Crippen LogP contribution is 1.97. The van der Waals surface area contributed by atoms with Crippen molar-refractivity contribution < 1.29 is 13.6 Å². The molecule has 1 atom stereocenters. The minimum Gasteiger partial charge on any atom is -0.461 e. The van der Waals surface area contributed by atoms with Gasteiger partial charge in [0.2, 0.25) is 0 Å². The molecule has 0 aromatic heterocycles. The maximum absolute atomic E-state index is 11.0. The minimum absolute atomic E-state index is 0.265. The lowest BCUT2D eigenvalue weighted by Gasteiger charge is -2.10. The van der Waals surface area contributed by atoms with E-state index in [-0.39, 0.29) is 12.6 Å². The molecule has 0 fully saturated rings. The normalized spacial score (nSPS) is 17.4. The lowest BCUT2D eigenvalue weighted by Crippen LogP contribution is -2.24. The Kier molecular flexibility index (Phi) is 3.11. The quantitative estimate of drug-likeness (QED) is 0.475. The first kappa shape index (κ1) is 5.77. The molecule has 1 N–H and O–H groups in total. The van der Waals surface area contributed by atoms with Gasteiger partial charge in [-0.25, -0.2) is 0 Å². The lowest BCUT2D eigenvalue weighted by molar-refractivity contribution is -0.146. The van der Waals surface area contributed by atoms with Crippen LogP contribution in [0.4, 0.5) is 0 Å². The molecule has 0 spiro atoms. The van der Waals surface area contributed by atoms with E-state index in [0.717, 1.165) is 0 Å². The third-order valence-electron chi connectivity index (χ3n) is 1.06. The molecule has 0 radical (unpaired) electrons. The maximum atomic E-state index is 11.0. The number of nitrogens with one attached hydrogen (secondary N) is 1. The van der Waals surface area contributed by atoms with E-state index in [0.29, 0.717) is 6.42 Å². The highest BCUT2D eigenvalue weighted by molar-refractivity contribution is 5.71. The Bertz CT molecular complexity index is 203. The Hall–Kier alpha value is -0.830. The number of hydrogen-bond donors (Lipinski definition) is 1. The zero-order valence-electron chi connectivity index (χ0n) is 9.59. The Balaban J connectivity index is 3.70. The van der Waals surface area contributed by atoms with Crippen molar-refractivity contribution in [3.63, 3.8) is 0 Å². The second kappa shape index (κ2) is 5.92.